The minimum Gasteiger partial charge on any atom is -0.458 e. The van der Waals surface area contributed by atoms with E-state index in [0.29, 0.717) is 0 Å². The number of rotatable bonds is 8. The summed E-state index contributed by atoms with van der Waals surface area (Å²) in [5.41, 5.74) is 10.9. The molecule has 0 saturated heterocycles. The zero-order chi connectivity index (χ0) is 41.8. The number of nitrogens with zero attached hydrogens (tertiary/aromatic N) is 4. The highest BCUT2D eigenvalue weighted by molar-refractivity contribution is 6.09. The Morgan fingerprint density at radius 2 is 1.23 bits per heavy atom. The van der Waals surface area contributed by atoms with Crippen LogP contribution in [0.5, 0.6) is 11.5 Å². The molecule has 3 aromatic heterocycles. The van der Waals surface area contributed by atoms with Crippen LogP contribution < -0.4 is 9.30 Å². The maximum absolute atomic E-state index is 6.94. The van der Waals surface area contributed by atoms with Crippen molar-refractivity contribution in [2.45, 2.75) is 71.6 Å². The summed E-state index contributed by atoms with van der Waals surface area (Å²) >= 11 is 0. The molecular weight excluding hydrogens is 733 g/mol. The fourth-order valence-corrected chi connectivity index (χ4v) is 8.27. The Morgan fingerprint density at radius 3 is 1.98 bits per heavy atom. The van der Waals surface area contributed by atoms with Crippen LogP contribution in [0.25, 0.3) is 50.1 Å². The van der Waals surface area contributed by atoms with Crippen molar-refractivity contribution in [3.05, 3.63) is 199 Å². The van der Waals surface area contributed by atoms with Crippen molar-refractivity contribution in [1.29, 1.82) is 0 Å². The normalized spacial score (nSPS) is 12.3. The highest BCUT2D eigenvalue weighted by Gasteiger charge is 2.26. The average molecular weight is 785 g/mol. The van der Waals surface area contributed by atoms with Crippen LogP contribution in [0.15, 0.2) is 170 Å². The van der Waals surface area contributed by atoms with Gasteiger partial charge in [-0.3, -0.25) is 13.7 Å². The largest absolute Gasteiger partial charge is 0.458 e. The van der Waals surface area contributed by atoms with Crippen LogP contribution in [0.1, 0.15) is 77.8 Å². The summed E-state index contributed by atoms with van der Waals surface area (Å²) in [7, 11) is 0. The van der Waals surface area contributed by atoms with Gasteiger partial charge in [0.05, 0.1) is 28.1 Å². The third kappa shape index (κ3) is 7.30. The fraction of sp³-hybridized carbons (Fsp3) is 0.200. The van der Waals surface area contributed by atoms with E-state index in [1.165, 1.54) is 22.1 Å². The molecule has 9 aromatic rings. The van der Waals surface area contributed by atoms with Gasteiger partial charge in [-0.1, -0.05) is 146 Å². The first-order chi connectivity index (χ1) is 28.7. The van der Waals surface area contributed by atoms with E-state index in [0.717, 1.165) is 61.9 Å². The number of imidazole rings is 1. The van der Waals surface area contributed by atoms with Crippen molar-refractivity contribution < 1.29 is 9.30 Å². The van der Waals surface area contributed by atoms with Crippen molar-refractivity contribution in [2.75, 3.05) is 0 Å². The monoisotopic (exact) mass is 784 g/mol. The van der Waals surface area contributed by atoms with E-state index in [4.69, 9.17) is 9.72 Å². The van der Waals surface area contributed by atoms with Gasteiger partial charge in [0.2, 0.25) is 0 Å². The number of fused-ring (bicyclic) bond motifs is 3. The zero-order valence-electron chi connectivity index (χ0n) is 35.9. The van der Waals surface area contributed by atoms with Gasteiger partial charge in [-0.15, -0.1) is 0 Å². The van der Waals surface area contributed by atoms with Crippen molar-refractivity contribution in [1.82, 2.24) is 14.1 Å². The van der Waals surface area contributed by atoms with E-state index >= 15 is 0 Å². The van der Waals surface area contributed by atoms with Crippen LogP contribution >= 0.6 is 0 Å². The highest BCUT2D eigenvalue weighted by Crippen LogP contribution is 2.39. The minimum absolute atomic E-state index is 0.0272. The first-order valence-electron chi connectivity index (χ1n) is 20.9. The summed E-state index contributed by atoms with van der Waals surface area (Å²) in [6.07, 6.45) is 7.88. The number of hydrogen-bond acceptors (Lipinski definition) is 2. The molecule has 5 nitrogen and oxygen atoms in total. The molecule has 6 aromatic carbocycles. The average Bonchev–Trinajstić information content (AvgIpc) is 3.85. The van der Waals surface area contributed by atoms with Crippen LogP contribution in [0, 0.1) is 6.33 Å². The molecule has 0 aliphatic carbocycles. The van der Waals surface area contributed by atoms with E-state index in [9.17, 15) is 0 Å². The van der Waals surface area contributed by atoms with Gasteiger partial charge in [0, 0.05) is 34.6 Å². The molecule has 0 bridgehead atoms. The molecule has 0 atom stereocenters. The molecule has 0 amide bonds. The Morgan fingerprint density at radius 1 is 0.533 bits per heavy atom. The van der Waals surface area contributed by atoms with Gasteiger partial charge in [-0.25, -0.2) is 4.98 Å². The zero-order valence-corrected chi connectivity index (χ0v) is 35.9. The lowest BCUT2D eigenvalue weighted by molar-refractivity contribution is -0.599. The lowest BCUT2D eigenvalue weighted by Crippen LogP contribution is -2.29. The molecule has 0 aliphatic rings. The van der Waals surface area contributed by atoms with Crippen molar-refractivity contribution in [2.24, 2.45) is 0 Å². The predicted octanol–water partition coefficient (Wildman–Crippen LogP) is 13.4. The first-order valence-corrected chi connectivity index (χ1v) is 20.9. The summed E-state index contributed by atoms with van der Waals surface area (Å²) in [6, 6.07) is 55.8. The van der Waals surface area contributed by atoms with Gasteiger partial charge in [0.25, 0.3) is 6.33 Å². The molecule has 0 saturated carbocycles. The van der Waals surface area contributed by atoms with Crippen LogP contribution in [-0.2, 0) is 16.2 Å². The lowest BCUT2D eigenvalue weighted by Gasteiger charge is -2.26. The minimum atomic E-state index is -0.215. The maximum atomic E-state index is 6.94. The number of benzene rings is 6. The van der Waals surface area contributed by atoms with Crippen LogP contribution in [0.4, 0.5) is 0 Å². The predicted molar refractivity (Wildman–Crippen MR) is 246 cm³/mol. The molecule has 3 heterocycles. The molecule has 9 rings (SSSR count). The van der Waals surface area contributed by atoms with Gasteiger partial charge >= 0.3 is 0 Å². The molecule has 0 fully saturated rings. The van der Waals surface area contributed by atoms with Crippen LogP contribution in [-0.4, -0.2) is 14.1 Å². The van der Waals surface area contributed by atoms with Crippen molar-refractivity contribution >= 4 is 21.8 Å². The van der Waals surface area contributed by atoms with Crippen molar-refractivity contribution in [3.8, 4) is 39.8 Å². The second kappa shape index (κ2) is 14.8. The molecular formula is C55H52N4O. The Balaban J connectivity index is 1.17. The molecule has 0 N–H and O–H groups in total. The first kappa shape index (κ1) is 38.8. The van der Waals surface area contributed by atoms with Crippen LogP contribution in [0.3, 0.4) is 0 Å². The SMILES string of the molecule is CC(C)(C)c1cccc(-[n+]2[c-]n(-c3cc(Oc4ccc5c6ccccc6n(-c6cc(C(C)(C)c7ccccc7)ccn6)c5c4)cc(-c4ccccc4)c3)c(C(C)(C)C)c2)c1. The molecule has 0 unspecified atom stereocenters. The molecule has 0 aliphatic heterocycles. The van der Waals surface area contributed by atoms with E-state index in [1.807, 2.05) is 6.20 Å². The van der Waals surface area contributed by atoms with Gasteiger partial charge in [-0.05, 0) is 99.3 Å². The summed E-state index contributed by atoms with van der Waals surface area (Å²) in [6.45, 7) is 18.1. The standard InChI is InChI=1S/C55H52N4O/c1-53(2,3)41-22-17-23-43(32-41)57-36-51(54(4,5)6)58(37-57)44-30-39(38-18-11-9-12-19-38)31-46(34-44)60-45-26-27-48-47-24-15-16-25-49(47)59(50(48)35-45)52-33-42(28-29-56-52)55(7,8)40-20-13-10-14-21-40/h9-36H,1-8H3. The molecule has 0 radical (unpaired) electrons. The lowest BCUT2D eigenvalue weighted by atomic mass is 9.78. The Hall–Kier alpha value is -6.72. The molecule has 60 heavy (non-hydrogen) atoms. The fourth-order valence-electron chi connectivity index (χ4n) is 8.27. The summed E-state index contributed by atoms with van der Waals surface area (Å²) in [5, 5.41) is 2.31. The third-order valence-electron chi connectivity index (χ3n) is 11.8. The number of pyridine rings is 1. The molecule has 298 valence electrons. The summed E-state index contributed by atoms with van der Waals surface area (Å²) in [5.74, 6) is 2.35. The smallest absolute Gasteiger partial charge is 0.269 e. The number of ether oxygens (including phenoxy) is 1. The second-order valence-electron chi connectivity index (χ2n) is 18.5. The van der Waals surface area contributed by atoms with E-state index in [2.05, 4.69) is 239 Å². The van der Waals surface area contributed by atoms with Gasteiger partial charge in [0.15, 0.2) is 0 Å². The van der Waals surface area contributed by atoms with E-state index in [-0.39, 0.29) is 16.2 Å². The maximum Gasteiger partial charge on any atom is 0.269 e. The Kier molecular flexibility index (Phi) is 9.59. The quantitative estimate of drug-likeness (QED) is 0.114. The van der Waals surface area contributed by atoms with Crippen LogP contribution in [0.2, 0.25) is 0 Å². The topological polar surface area (TPSA) is 35.9 Å². The van der Waals surface area contributed by atoms with Gasteiger partial charge in [-0.2, -0.15) is 0 Å². The van der Waals surface area contributed by atoms with E-state index in [1.54, 1.807) is 0 Å². The summed E-state index contributed by atoms with van der Waals surface area (Å²) in [4.78, 5) is 4.98. The Labute approximate surface area is 354 Å². The second-order valence-corrected chi connectivity index (χ2v) is 18.5. The number of para-hydroxylation sites is 1. The number of hydrogen-bond donors (Lipinski definition) is 0. The Bertz CT molecular complexity index is 2990. The summed E-state index contributed by atoms with van der Waals surface area (Å²) < 4.78 is 13.5. The van der Waals surface area contributed by atoms with Crippen molar-refractivity contribution in [3.63, 3.8) is 0 Å². The highest BCUT2D eigenvalue weighted by atomic mass is 16.5. The number of aromatic nitrogens is 4. The van der Waals surface area contributed by atoms with E-state index < -0.39 is 0 Å². The van der Waals surface area contributed by atoms with Gasteiger partial charge in [0.1, 0.15) is 17.3 Å². The molecule has 5 heteroatoms. The van der Waals surface area contributed by atoms with Gasteiger partial charge < -0.3 is 4.74 Å². The molecule has 0 spiro atoms. The third-order valence-corrected chi connectivity index (χ3v) is 11.8.